The molecule has 10 rings (SSSR count). The Bertz CT molecular complexity index is 4760. The zero-order valence-corrected chi connectivity index (χ0v) is 73.1. The van der Waals surface area contributed by atoms with Crippen LogP contribution >= 0.6 is 21.4 Å². The standard InChI is InChI=1S/C100H125O11P3/c1-16-71(9)63-104-91-53-47-80(57-93(91)106-65-73(11)18-3)89-59-95(108-67-75(13)20-5)97(109-68-76(14)21-6)61-99(89)114(103,85-44-34-27-35-45-85)100-62-98(110-69-77(15)22-7)96(60-90(100)81-48-54-92(105-64-72(10)17-2)94(58-81)107-66-74(12)19-4)111-70-78(23-8)55-79-37-36-46-88(56-79)113(102,84-42-32-26-33-43-84)87-51-49-86(50-52-87)112(101,82-38-28-24-29-39-82)83-40-30-25-31-41-83/h24-54,56-62,71-78H,16-23,55,63-70H2,1-15H3. The Morgan fingerprint density at radius 1 is 0.237 bits per heavy atom. The third kappa shape index (κ3) is 21.7. The van der Waals surface area contributed by atoms with Crippen LogP contribution in [-0.4, -0.2) is 52.9 Å². The van der Waals surface area contributed by atoms with Crippen LogP contribution in [-0.2, 0) is 20.1 Å². The molecule has 10 atom stereocenters. The molecule has 606 valence electrons. The lowest BCUT2D eigenvalue weighted by molar-refractivity contribution is 0.212. The van der Waals surface area contributed by atoms with Crippen LogP contribution < -0.4 is 85.6 Å². The third-order valence-corrected chi connectivity index (χ3v) is 32.0. The molecule has 0 aliphatic heterocycles. The molecule has 0 bridgehead atoms. The van der Waals surface area contributed by atoms with Gasteiger partial charge in [0.15, 0.2) is 67.4 Å². The summed E-state index contributed by atoms with van der Waals surface area (Å²) < 4.78 is 107. The van der Waals surface area contributed by atoms with E-state index in [9.17, 15) is 0 Å². The molecule has 11 nitrogen and oxygen atoms in total. The fraction of sp³-hybridized carbons (Fsp3) is 0.400. The molecule has 0 saturated heterocycles. The topological polar surface area (TPSA) is 125 Å². The first kappa shape index (κ1) is 87.7. The van der Waals surface area contributed by atoms with Crippen molar-refractivity contribution in [1.29, 1.82) is 0 Å². The van der Waals surface area contributed by atoms with Gasteiger partial charge in [-0.3, -0.25) is 0 Å². The van der Waals surface area contributed by atoms with E-state index in [2.05, 4.69) is 140 Å². The fourth-order valence-corrected chi connectivity index (χ4v) is 21.7. The summed E-state index contributed by atoms with van der Waals surface area (Å²) >= 11 is 0. The summed E-state index contributed by atoms with van der Waals surface area (Å²) in [6.07, 6.45) is 7.76. The lowest BCUT2D eigenvalue weighted by Crippen LogP contribution is -2.29. The summed E-state index contributed by atoms with van der Waals surface area (Å²) in [6, 6.07) is 75.0. The van der Waals surface area contributed by atoms with E-state index in [0.29, 0.717) is 159 Å². The Kier molecular flexibility index (Phi) is 32.5. The second-order valence-electron chi connectivity index (χ2n) is 31.9. The minimum absolute atomic E-state index is 0.0486. The molecule has 10 unspecified atom stereocenters. The normalized spacial score (nSPS) is 14.8. The second-order valence-corrected chi connectivity index (χ2v) is 40.1. The van der Waals surface area contributed by atoms with Crippen LogP contribution in [0.3, 0.4) is 0 Å². The highest BCUT2D eigenvalue weighted by atomic mass is 31.2. The van der Waals surface area contributed by atoms with E-state index in [1.165, 1.54) is 0 Å². The zero-order chi connectivity index (χ0) is 81.4. The summed E-state index contributed by atoms with van der Waals surface area (Å²) in [5.41, 5.74) is 3.84. The van der Waals surface area contributed by atoms with Crippen molar-refractivity contribution in [2.24, 2.45) is 47.3 Å². The number of benzene rings is 10. The van der Waals surface area contributed by atoms with Gasteiger partial charge in [0.25, 0.3) is 0 Å². The van der Waals surface area contributed by atoms with Crippen LogP contribution in [0.2, 0.25) is 0 Å². The van der Waals surface area contributed by atoms with E-state index in [4.69, 9.17) is 37.9 Å². The maximum Gasteiger partial charge on any atom is 0.172 e. The maximum atomic E-state index is 18.9. The van der Waals surface area contributed by atoms with Crippen LogP contribution in [0, 0.1) is 47.3 Å². The molecule has 0 aromatic heterocycles. The lowest BCUT2D eigenvalue weighted by atomic mass is 9.98. The van der Waals surface area contributed by atoms with Gasteiger partial charge in [-0.05, 0) is 143 Å². The van der Waals surface area contributed by atoms with E-state index >= 15 is 13.7 Å². The molecular formula is C100H125O11P3. The molecule has 0 aliphatic rings. The Labute approximate surface area is 682 Å². The highest BCUT2D eigenvalue weighted by molar-refractivity contribution is 7.86. The third-order valence-electron chi connectivity index (χ3n) is 22.8. The zero-order valence-electron chi connectivity index (χ0n) is 70.4. The minimum Gasteiger partial charge on any atom is -0.489 e. The first-order chi connectivity index (χ1) is 55.1. The number of ether oxygens (including phenoxy) is 8. The van der Waals surface area contributed by atoms with Crippen LogP contribution in [0.25, 0.3) is 22.3 Å². The average molecular weight is 1600 g/mol. The predicted molar refractivity (Wildman–Crippen MR) is 480 cm³/mol. The number of rotatable bonds is 45. The molecule has 10 aromatic rings. The van der Waals surface area contributed by atoms with Gasteiger partial charge < -0.3 is 51.6 Å². The van der Waals surface area contributed by atoms with Crippen LogP contribution in [0.4, 0.5) is 0 Å². The Hall–Kier alpha value is -8.71. The van der Waals surface area contributed by atoms with Crippen molar-refractivity contribution in [2.75, 3.05) is 52.9 Å². The van der Waals surface area contributed by atoms with E-state index in [1.54, 1.807) is 0 Å². The van der Waals surface area contributed by atoms with E-state index in [-0.39, 0.29) is 42.1 Å². The van der Waals surface area contributed by atoms with Crippen LogP contribution in [0.1, 0.15) is 161 Å². The molecule has 0 aliphatic carbocycles. The predicted octanol–water partition coefficient (Wildman–Crippen LogP) is 22.6. The smallest absolute Gasteiger partial charge is 0.172 e. The van der Waals surface area contributed by atoms with E-state index in [0.717, 1.165) is 78.7 Å². The molecule has 0 spiro atoms. The fourth-order valence-electron chi connectivity index (χ4n) is 13.3. The molecule has 14 heteroatoms. The van der Waals surface area contributed by atoms with E-state index < -0.39 is 21.4 Å². The summed E-state index contributed by atoms with van der Waals surface area (Å²) in [6.45, 7) is 36.1. The molecule has 0 N–H and O–H groups in total. The number of hydrogen-bond acceptors (Lipinski definition) is 11. The van der Waals surface area contributed by atoms with Gasteiger partial charge in [-0.1, -0.05) is 325 Å². The average Bonchev–Trinajstić information content (AvgIpc) is 0.727. The largest absolute Gasteiger partial charge is 0.489 e. The monoisotopic (exact) mass is 1590 g/mol. The van der Waals surface area contributed by atoms with Crippen LogP contribution in [0.15, 0.2) is 231 Å². The molecule has 114 heavy (non-hydrogen) atoms. The van der Waals surface area contributed by atoms with E-state index in [1.807, 2.05) is 194 Å². The number of hydrogen-bond donors (Lipinski definition) is 0. The second kappa shape index (κ2) is 42.2. The first-order valence-electron chi connectivity index (χ1n) is 42.1. The van der Waals surface area contributed by atoms with Crippen molar-refractivity contribution < 1.29 is 51.6 Å². The van der Waals surface area contributed by atoms with Gasteiger partial charge in [-0.2, -0.15) is 0 Å². The van der Waals surface area contributed by atoms with Crippen LogP contribution in [0.5, 0.6) is 46.0 Å². The summed E-state index contributed by atoms with van der Waals surface area (Å²) in [5.74, 6) is 6.09. The van der Waals surface area contributed by atoms with Crippen molar-refractivity contribution >= 4 is 69.2 Å². The van der Waals surface area contributed by atoms with Crippen molar-refractivity contribution in [3.05, 3.63) is 236 Å². The summed E-state index contributed by atoms with van der Waals surface area (Å²) in [5, 5.41) is 5.81. The molecule has 10 aromatic carbocycles. The van der Waals surface area contributed by atoms with Crippen molar-refractivity contribution in [3.8, 4) is 68.2 Å². The molecule has 0 heterocycles. The van der Waals surface area contributed by atoms with Gasteiger partial charge >= 0.3 is 0 Å². The summed E-state index contributed by atoms with van der Waals surface area (Å²) in [4.78, 5) is 0. The van der Waals surface area contributed by atoms with Gasteiger partial charge in [0.1, 0.15) is 0 Å². The van der Waals surface area contributed by atoms with Crippen molar-refractivity contribution in [2.45, 2.75) is 162 Å². The van der Waals surface area contributed by atoms with Crippen molar-refractivity contribution in [3.63, 3.8) is 0 Å². The van der Waals surface area contributed by atoms with Gasteiger partial charge in [-0.15, -0.1) is 0 Å². The quantitative estimate of drug-likeness (QED) is 0.0339. The minimum atomic E-state index is -4.25. The van der Waals surface area contributed by atoms with Gasteiger partial charge in [-0.25, -0.2) is 0 Å². The molecular weight excluding hydrogens is 1470 g/mol. The van der Waals surface area contributed by atoms with Gasteiger partial charge in [0.05, 0.1) is 52.9 Å². The molecule has 0 radical (unpaired) electrons. The molecule has 0 fully saturated rings. The Balaban J connectivity index is 1.17. The highest BCUT2D eigenvalue weighted by Gasteiger charge is 2.40. The van der Waals surface area contributed by atoms with Gasteiger partial charge in [0, 0.05) is 47.7 Å². The maximum absolute atomic E-state index is 18.9. The summed E-state index contributed by atoms with van der Waals surface area (Å²) in [7, 11) is -11.1. The first-order valence-corrected chi connectivity index (χ1v) is 47.2. The van der Waals surface area contributed by atoms with Crippen molar-refractivity contribution in [1.82, 2.24) is 0 Å². The molecule has 0 saturated carbocycles. The Morgan fingerprint density at radius 2 is 0.500 bits per heavy atom. The lowest BCUT2D eigenvalue weighted by Gasteiger charge is -2.29. The highest BCUT2D eigenvalue weighted by Crippen LogP contribution is 2.54. The SMILES string of the molecule is CCC(C)COc1ccc(-c2cc(OCC(C)CC)c(OCC(C)CC)cc2P(=O)(c2ccccc2)c2cc(OCC(C)CC)c(OCC(CC)Cc3cccc(P(=O)(c4ccccc4)c4ccc(P(=O)(c5ccccc5)c5ccccc5)cc4)c3)cc2-c2ccc(OCC(C)CC)c(OCC(C)CC)c2)cc1OCC(C)CC. The Morgan fingerprint density at radius 3 is 0.816 bits per heavy atom. The van der Waals surface area contributed by atoms with Gasteiger partial charge in [0.2, 0.25) is 0 Å². The molecule has 0 amide bonds.